The van der Waals surface area contributed by atoms with Gasteiger partial charge >= 0.3 is 78.9 Å². The van der Waals surface area contributed by atoms with Crippen LogP contribution in [0.15, 0.2) is 97.1 Å². The molecule has 1 saturated heterocycles. The van der Waals surface area contributed by atoms with Crippen molar-refractivity contribution in [1.82, 2.24) is 0 Å². The van der Waals surface area contributed by atoms with E-state index in [1.54, 1.807) is 0 Å². The summed E-state index contributed by atoms with van der Waals surface area (Å²) >= 11 is 2.04. The number of ether oxygens (including phenoxy) is 1. The minimum atomic E-state index is -0.281. The third kappa shape index (κ3) is 13.9. The van der Waals surface area contributed by atoms with E-state index in [1.807, 2.05) is 19.4 Å². The van der Waals surface area contributed by atoms with Crippen LogP contribution in [0.5, 0.6) is 11.5 Å². The second-order valence-electron chi connectivity index (χ2n) is 23.9. The Labute approximate surface area is 417 Å². The monoisotopic (exact) mass is 990 g/mol. The van der Waals surface area contributed by atoms with Crippen molar-refractivity contribution in [2.24, 2.45) is 0 Å². The average Bonchev–Trinajstić information content (AvgIpc) is 3.83. The topological polar surface area (TPSA) is 75.7 Å². The van der Waals surface area contributed by atoms with Crippen LogP contribution in [-0.4, -0.2) is 27.8 Å². The number of phenols is 2. The van der Waals surface area contributed by atoms with Gasteiger partial charge in [-0.2, -0.15) is 0 Å². The zero-order chi connectivity index (χ0) is 50.4. The molecule has 1 heterocycles. The molecule has 6 aromatic carbocycles. The normalized spacial score (nSPS) is 13.5. The first-order chi connectivity index (χ1) is 30.9. The first-order valence-electron chi connectivity index (χ1n) is 24.5. The van der Waals surface area contributed by atoms with Gasteiger partial charge < -0.3 is 20.7 Å². The number of hydrogen-bond acceptors (Lipinski definition) is 4. The predicted octanol–water partition coefficient (Wildman–Crippen LogP) is 16.9. The van der Waals surface area contributed by atoms with Crippen LogP contribution < -0.4 is 5.73 Å². The van der Waals surface area contributed by atoms with Gasteiger partial charge in [0.15, 0.2) is 0 Å². The number of nitrogen functional groups attached to an aromatic ring is 1. The second kappa shape index (κ2) is 22.0. The molecular weight excluding hydrogens is 903 g/mol. The molecule has 0 saturated carbocycles. The molecule has 0 bridgehead atoms. The van der Waals surface area contributed by atoms with Gasteiger partial charge in [0.2, 0.25) is 0 Å². The van der Waals surface area contributed by atoms with Gasteiger partial charge in [-0.1, -0.05) is 165 Å². The van der Waals surface area contributed by atoms with Crippen LogP contribution in [0, 0.1) is 0 Å². The molecule has 6 aromatic rings. The molecule has 1 aliphatic heterocycles. The molecule has 0 atom stereocenters. The van der Waals surface area contributed by atoms with Gasteiger partial charge in [-0.25, -0.2) is 0 Å². The summed E-state index contributed by atoms with van der Waals surface area (Å²) in [6, 6.07) is 34.2. The quantitative estimate of drug-likeness (QED) is 0.119. The summed E-state index contributed by atoms with van der Waals surface area (Å²) in [5.74, 6) is 1.52. The van der Waals surface area contributed by atoms with E-state index in [0.717, 1.165) is 51.6 Å². The molecule has 0 spiro atoms. The molecule has 7 rings (SSSR count). The zero-order valence-electron chi connectivity index (χ0n) is 44.6. The van der Waals surface area contributed by atoms with Crippen molar-refractivity contribution in [1.29, 1.82) is 0 Å². The summed E-state index contributed by atoms with van der Waals surface area (Å²) in [6.07, 6.45) is 2.56. The molecule has 5 heteroatoms. The first kappa shape index (κ1) is 55.4. The van der Waals surface area contributed by atoms with E-state index < -0.39 is 0 Å². The maximum absolute atomic E-state index is 12.0. The Morgan fingerprint density at radius 3 is 1.19 bits per heavy atom. The van der Waals surface area contributed by atoms with Gasteiger partial charge in [-0.15, -0.1) is 0 Å². The van der Waals surface area contributed by atoms with E-state index in [0.29, 0.717) is 23.0 Å². The van der Waals surface area contributed by atoms with Gasteiger partial charge in [0.1, 0.15) is 11.5 Å². The number of hydrogen-bond donors (Lipinski definition) is 3. The largest absolute Gasteiger partial charge is 0.398 e. The minimum Gasteiger partial charge on any atom is -0.398 e. The molecule has 0 aliphatic carbocycles. The van der Waals surface area contributed by atoms with Gasteiger partial charge in [0, 0.05) is 41.2 Å². The second-order valence-corrected chi connectivity index (χ2v) is 24.4. The molecule has 0 radical (unpaired) electrons. The van der Waals surface area contributed by atoms with Crippen molar-refractivity contribution in [3.8, 4) is 22.6 Å². The standard InChI is InChI=1S/C36H46O2.C12H19N.C10H12.C4H8O.Mo/c1-33(2,3)23-13-15-25-21(17-23)19-27(35(7,8)9)31(37)29(25)30-26-16-14-24(34(4,5)6)18-22(26)20-28(32(30)38)36(10,11)12;1-8(2)10-6-5-7-11(9(3)4)12(10)13;1-10(2,3)9-7-5-4-6-8-9;1-2-4-5-3-1;/h13-20,37-38H,1-12H3;5-9H,13H2,1-4H3;1,4-8H,2-3H3;1-4H2;/q;;;;+4. The number of rotatable bonds is 5. The molecular formula is C62H85MoNO3+4. The van der Waals surface area contributed by atoms with Crippen LogP contribution in [0.2, 0.25) is 0 Å². The number of benzene rings is 6. The first-order valence-corrected chi connectivity index (χ1v) is 25.7. The number of anilines is 1. The SMILES string of the molecule is C1CCOC1.CC(C)(C)c1ccc2c(-c3c(O)c(C(C)(C)C)cc4cc(C(C)(C)C)ccc34)c(O)c(C(C)(C)C)cc2c1.CC(C)([CH]=[Mo+4])c1ccccc1.CC(C)c1cccc(C(C)C)c1N. The summed E-state index contributed by atoms with van der Waals surface area (Å²) in [6.45, 7) is 41.3. The van der Waals surface area contributed by atoms with E-state index in [4.69, 9.17) is 10.5 Å². The summed E-state index contributed by atoms with van der Waals surface area (Å²) < 4.78 is 7.18. The number of aromatic hydroxyl groups is 2. The number of fused-ring (bicyclic) bond motifs is 2. The Hall–Kier alpha value is -4.24. The van der Waals surface area contributed by atoms with Crippen molar-refractivity contribution < 1.29 is 34.3 Å². The van der Waals surface area contributed by atoms with E-state index in [1.165, 1.54) is 40.7 Å². The molecule has 4 nitrogen and oxygen atoms in total. The van der Waals surface area contributed by atoms with Crippen molar-refractivity contribution >= 4 is 31.6 Å². The Kier molecular flexibility index (Phi) is 18.2. The van der Waals surface area contributed by atoms with Crippen molar-refractivity contribution in [3.05, 3.63) is 136 Å². The molecule has 0 amide bonds. The fourth-order valence-corrected chi connectivity index (χ4v) is 8.76. The third-order valence-corrected chi connectivity index (χ3v) is 14.3. The summed E-state index contributed by atoms with van der Waals surface area (Å²) in [5.41, 5.74) is 16.3. The van der Waals surface area contributed by atoms with Crippen LogP contribution in [0.25, 0.3) is 32.7 Å². The maximum Gasteiger partial charge on any atom is 0.0384 e. The van der Waals surface area contributed by atoms with Gasteiger partial charge in [0.05, 0.1) is 0 Å². The van der Waals surface area contributed by atoms with E-state index in [2.05, 4.69) is 226 Å². The summed E-state index contributed by atoms with van der Waals surface area (Å²) in [5, 5.41) is 28.0. The Morgan fingerprint density at radius 1 is 0.507 bits per heavy atom. The van der Waals surface area contributed by atoms with E-state index in [9.17, 15) is 10.2 Å². The average molecular weight is 988 g/mol. The summed E-state index contributed by atoms with van der Waals surface area (Å²) in [7, 11) is 0. The minimum absolute atomic E-state index is 0.00151. The van der Waals surface area contributed by atoms with Crippen LogP contribution in [-0.2, 0) is 51.2 Å². The van der Waals surface area contributed by atoms with Crippen LogP contribution in [0.1, 0.15) is 188 Å². The van der Waals surface area contributed by atoms with Crippen LogP contribution >= 0.6 is 0 Å². The number of para-hydroxylation sites is 1. The van der Waals surface area contributed by atoms with Gasteiger partial charge in [-0.05, 0) is 102 Å². The molecule has 1 aliphatic rings. The fourth-order valence-electron chi connectivity index (χ4n) is 8.43. The molecule has 0 aromatic heterocycles. The Balaban J connectivity index is 0.000000270. The van der Waals surface area contributed by atoms with Crippen molar-refractivity contribution in [3.63, 3.8) is 0 Å². The Morgan fingerprint density at radius 2 is 0.896 bits per heavy atom. The van der Waals surface area contributed by atoms with E-state index >= 15 is 0 Å². The zero-order valence-corrected chi connectivity index (χ0v) is 46.6. The summed E-state index contributed by atoms with van der Waals surface area (Å²) in [4.78, 5) is 0. The molecule has 67 heavy (non-hydrogen) atoms. The molecule has 4 N–H and O–H groups in total. The van der Waals surface area contributed by atoms with E-state index in [-0.39, 0.29) is 38.6 Å². The number of phenolic OH excluding ortho intramolecular Hbond substituents is 2. The molecule has 1 fully saturated rings. The van der Waals surface area contributed by atoms with Crippen LogP contribution in [0.4, 0.5) is 5.69 Å². The van der Waals surface area contributed by atoms with Crippen molar-refractivity contribution in [2.75, 3.05) is 18.9 Å². The maximum atomic E-state index is 12.0. The van der Waals surface area contributed by atoms with Crippen molar-refractivity contribution in [2.45, 2.75) is 176 Å². The molecule has 358 valence electrons. The molecule has 0 unspecified atom stereocenters. The Bertz CT molecular complexity index is 2450. The van der Waals surface area contributed by atoms with Crippen LogP contribution in [0.3, 0.4) is 0 Å². The van der Waals surface area contributed by atoms with Gasteiger partial charge in [-0.3, -0.25) is 0 Å². The number of nitrogens with two attached hydrogens (primary N) is 1. The smallest absolute Gasteiger partial charge is 0.0384 e. The predicted molar refractivity (Wildman–Crippen MR) is 290 cm³/mol. The van der Waals surface area contributed by atoms with Gasteiger partial charge in [0.25, 0.3) is 0 Å². The fraction of sp³-hybridized carbons (Fsp3) is 0.468. The third-order valence-electron chi connectivity index (χ3n) is 12.9.